The van der Waals surface area contributed by atoms with Crippen LogP contribution in [0.5, 0.6) is 0 Å². The molecule has 0 heteroatoms. The fraction of sp³-hybridized carbons (Fsp3) is 0.875. The normalized spacial score (nSPS) is 14.2. The SMILES string of the molecule is CCCCCCCCCCCCC=C1CC1. The lowest BCUT2D eigenvalue weighted by atomic mass is 10.1. The van der Waals surface area contributed by atoms with Gasteiger partial charge >= 0.3 is 0 Å². The average molecular weight is 222 g/mol. The predicted molar refractivity (Wildman–Crippen MR) is 73.8 cm³/mol. The molecule has 0 nitrogen and oxygen atoms in total. The Morgan fingerprint density at radius 2 is 1.25 bits per heavy atom. The minimum atomic E-state index is 1.35. The summed E-state index contributed by atoms with van der Waals surface area (Å²) in [7, 11) is 0. The summed E-state index contributed by atoms with van der Waals surface area (Å²) in [6.45, 7) is 2.29. The Bertz CT molecular complexity index is 172. The standard InChI is InChI=1S/C16H30/c1-2-3-4-5-6-7-8-9-10-11-12-13-16-14-15-16/h13H,2-12,14-15H2,1H3. The molecular weight excluding hydrogens is 192 g/mol. The third-order valence-corrected chi connectivity index (χ3v) is 3.53. The smallest absolute Gasteiger partial charge is 0.0283 e. The second kappa shape index (κ2) is 9.93. The van der Waals surface area contributed by atoms with E-state index in [4.69, 9.17) is 0 Å². The van der Waals surface area contributed by atoms with E-state index in [0.717, 1.165) is 0 Å². The molecule has 0 bridgehead atoms. The van der Waals surface area contributed by atoms with Crippen LogP contribution >= 0.6 is 0 Å². The van der Waals surface area contributed by atoms with Crippen LogP contribution in [0.15, 0.2) is 11.6 Å². The van der Waals surface area contributed by atoms with Gasteiger partial charge in [-0.3, -0.25) is 0 Å². The van der Waals surface area contributed by atoms with Crippen LogP contribution in [0.25, 0.3) is 0 Å². The average Bonchev–Trinajstić information content (AvgIpc) is 3.10. The molecule has 94 valence electrons. The molecule has 0 spiro atoms. The van der Waals surface area contributed by atoms with Crippen LogP contribution in [0.1, 0.15) is 90.4 Å². The summed E-state index contributed by atoms with van der Waals surface area (Å²) in [5.74, 6) is 0. The van der Waals surface area contributed by atoms with Crippen LogP contribution in [0, 0.1) is 0 Å². The number of unbranched alkanes of at least 4 members (excludes halogenated alkanes) is 10. The first-order valence-corrected chi connectivity index (χ1v) is 7.61. The Hall–Kier alpha value is -0.260. The third-order valence-electron chi connectivity index (χ3n) is 3.53. The van der Waals surface area contributed by atoms with Gasteiger partial charge in [-0.1, -0.05) is 76.4 Å². The summed E-state index contributed by atoms with van der Waals surface area (Å²) < 4.78 is 0. The van der Waals surface area contributed by atoms with Crippen LogP contribution in [0.2, 0.25) is 0 Å². The van der Waals surface area contributed by atoms with Crippen molar-refractivity contribution in [2.24, 2.45) is 0 Å². The molecule has 0 amide bonds. The van der Waals surface area contributed by atoms with E-state index < -0.39 is 0 Å². The number of hydrogen-bond donors (Lipinski definition) is 0. The maximum Gasteiger partial charge on any atom is -0.0283 e. The number of hydrogen-bond acceptors (Lipinski definition) is 0. The fourth-order valence-corrected chi connectivity index (χ4v) is 2.21. The van der Waals surface area contributed by atoms with E-state index in [2.05, 4.69) is 13.0 Å². The topological polar surface area (TPSA) is 0 Å². The van der Waals surface area contributed by atoms with Gasteiger partial charge < -0.3 is 0 Å². The molecule has 0 aromatic carbocycles. The Morgan fingerprint density at radius 3 is 1.75 bits per heavy atom. The fourth-order valence-electron chi connectivity index (χ4n) is 2.21. The molecule has 0 heterocycles. The first kappa shape index (κ1) is 13.8. The zero-order valence-corrected chi connectivity index (χ0v) is 11.3. The Morgan fingerprint density at radius 1 is 0.750 bits per heavy atom. The Labute approximate surface area is 103 Å². The van der Waals surface area contributed by atoms with Crippen LogP contribution in [-0.4, -0.2) is 0 Å². The van der Waals surface area contributed by atoms with E-state index in [1.54, 1.807) is 5.57 Å². The highest BCUT2D eigenvalue weighted by molar-refractivity contribution is 5.15. The monoisotopic (exact) mass is 222 g/mol. The second-order valence-corrected chi connectivity index (χ2v) is 5.33. The maximum absolute atomic E-state index is 2.48. The van der Waals surface area contributed by atoms with Gasteiger partial charge in [0.15, 0.2) is 0 Å². The van der Waals surface area contributed by atoms with E-state index in [9.17, 15) is 0 Å². The van der Waals surface area contributed by atoms with Crippen LogP contribution in [-0.2, 0) is 0 Å². The molecule has 16 heavy (non-hydrogen) atoms. The zero-order chi connectivity index (χ0) is 11.5. The van der Waals surface area contributed by atoms with Gasteiger partial charge in [0.1, 0.15) is 0 Å². The van der Waals surface area contributed by atoms with Crippen molar-refractivity contribution in [1.29, 1.82) is 0 Å². The van der Waals surface area contributed by atoms with Gasteiger partial charge in [0.05, 0.1) is 0 Å². The van der Waals surface area contributed by atoms with Crippen molar-refractivity contribution >= 4 is 0 Å². The summed E-state index contributed by atoms with van der Waals surface area (Å²) in [6, 6.07) is 0. The number of rotatable bonds is 11. The van der Waals surface area contributed by atoms with Crippen molar-refractivity contribution in [1.82, 2.24) is 0 Å². The first-order valence-electron chi connectivity index (χ1n) is 7.61. The van der Waals surface area contributed by atoms with E-state index in [-0.39, 0.29) is 0 Å². The van der Waals surface area contributed by atoms with Gasteiger partial charge in [-0.2, -0.15) is 0 Å². The zero-order valence-electron chi connectivity index (χ0n) is 11.3. The molecule has 1 saturated carbocycles. The van der Waals surface area contributed by atoms with Gasteiger partial charge in [0.25, 0.3) is 0 Å². The molecule has 0 aromatic rings. The summed E-state index contributed by atoms with van der Waals surface area (Å²) in [5, 5.41) is 0. The molecule has 1 rings (SSSR count). The molecule has 0 atom stereocenters. The lowest BCUT2D eigenvalue weighted by Gasteiger charge is -2.01. The molecule has 1 aliphatic carbocycles. The van der Waals surface area contributed by atoms with Gasteiger partial charge in [-0.05, 0) is 25.7 Å². The van der Waals surface area contributed by atoms with E-state index in [0.29, 0.717) is 0 Å². The summed E-state index contributed by atoms with van der Waals surface area (Å²) in [6.07, 6.45) is 21.2. The molecule has 0 saturated heterocycles. The molecule has 0 aliphatic heterocycles. The highest BCUT2D eigenvalue weighted by atomic mass is 14.1. The van der Waals surface area contributed by atoms with Crippen molar-refractivity contribution in [3.8, 4) is 0 Å². The third kappa shape index (κ3) is 9.00. The minimum absolute atomic E-state index is 1.35. The lowest BCUT2D eigenvalue weighted by Crippen LogP contribution is -1.81. The van der Waals surface area contributed by atoms with Crippen LogP contribution in [0.4, 0.5) is 0 Å². The lowest BCUT2D eigenvalue weighted by molar-refractivity contribution is 0.557. The first-order chi connectivity index (χ1) is 7.93. The van der Waals surface area contributed by atoms with Crippen molar-refractivity contribution < 1.29 is 0 Å². The molecule has 0 aromatic heterocycles. The van der Waals surface area contributed by atoms with Crippen molar-refractivity contribution in [3.05, 3.63) is 11.6 Å². The van der Waals surface area contributed by atoms with Crippen molar-refractivity contribution in [3.63, 3.8) is 0 Å². The molecule has 1 fully saturated rings. The molecule has 1 aliphatic rings. The van der Waals surface area contributed by atoms with E-state index in [1.807, 2.05) is 0 Å². The van der Waals surface area contributed by atoms with Crippen LogP contribution in [0.3, 0.4) is 0 Å². The summed E-state index contributed by atoms with van der Waals surface area (Å²) in [4.78, 5) is 0. The Balaban J connectivity index is 1.66. The molecule has 0 N–H and O–H groups in total. The maximum atomic E-state index is 2.48. The van der Waals surface area contributed by atoms with Gasteiger partial charge in [0.2, 0.25) is 0 Å². The van der Waals surface area contributed by atoms with Gasteiger partial charge in [-0.25, -0.2) is 0 Å². The molecule has 0 radical (unpaired) electrons. The van der Waals surface area contributed by atoms with Crippen LogP contribution < -0.4 is 0 Å². The number of allylic oxidation sites excluding steroid dienone is 2. The van der Waals surface area contributed by atoms with E-state index >= 15 is 0 Å². The highest BCUT2D eigenvalue weighted by Gasteiger charge is 2.08. The summed E-state index contributed by atoms with van der Waals surface area (Å²) >= 11 is 0. The van der Waals surface area contributed by atoms with Gasteiger partial charge in [-0.15, -0.1) is 0 Å². The van der Waals surface area contributed by atoms with E-state index in [1.165, 1.54) is 83.5 Å². The van der Waals surface area contributed by atoms with Gasteiger partial charge in [0, 0.05) is 0 Å². The Kier molecular flexibility index (Phi) is 8.57. The highest BCUT2D eigenvalue weighted by Crippen LogP contribution is 2.28. The quantitative estimate of drug-likeness (QED) is 0.296. The van der Waals surface area contributed by atoms with Crippen molar-refractivity contribution in [2.45, 2.75) is 90.4 Å². The largest absolute Gasteiger partial charge is 0.0853 e. The summed E-state index contributed by atoms with van der Waals surface area (Å²) in [5.41, 5.74) is 1.72. The molecular formula is C16H30. The van der Waals surface area contributed by atoms with Crippen molar-refractivity contribution in [2.75, 3.05) is 0 Å². The predicted octanol–water partition coefficient (Wildman–Crippen LogP) is 6.02. The minimum Gasteiger partial charge on any atom is -0.0853 e. The second-order valence-electron chi connectivity index (χ2n) is 5.33. The molecule has 0 unspecified atom stereocenters.